The molecule has 20 heavy (non-hydrogen) atoms. The number of halogens is 1. The molecule has 0 amide bonds. The van der Waals surface area contributed by atoms with Gasteiger partial charge in [0.2, 0.25) is 5.95 Å². The predicted octanol–water partition coefficient (Wildman–Crippen LogP) is 2.20. The van der Waals surface area contributed by atoms with Gasteiger partial charge in [-0.1, -0.05) is 12.1 Å². The number of para-hydroxylation sites is 1. The summed E-state index contributed by atoms with van der Waals surface area (Å²) in [6.45, 7) is 1.34. The van der Waals surface area contributed by atoms with E-state index in [0.717, 1.165) is 6.42 Å². The summed E-state index contributed by atoms with van der Waals surface area (Å²) in [5.41, 5.74) is 0.346. The van der Waals surface area contributed by atoms with E-state index in [4.69, 9.17) is 4.74 Å². The summed E-state index contributed by atoms with van der Waals surface area (Å²) in [7, 11) is 1.65. The Labute approximate surface area is 116 Å². The van der Waals surface area contributed by atoms with E-state index in [1.54, 1.807) is 25.3 Å². The fourth-order valence-corrected chi connectivity index (χ4v) is 1.56. The van der Waals surface area contributed by atoms with E-state index in [2.05, 4.69) is 25.8 Å². The Morgan fingerprint density at radius 3 is 2.95 bits per heavy atom. The molecule has 0 radical (unpaired) electrons. The molecule has 0 spiro atoms. The van der Waals surface area contributed by atoms with Gasteiger partial charge < -0.3 is 15.4 Å². The van der Waals surface area contributed by atoms with Crippen LogP contribution in [0.1, 0.15) is 6.42 Å². The fraction of sp³-hybridized carbons (Fsp3) is 0.308. The minimum atomic E-state index is -0.347. The molecular formula is C13H16FN5O. The molecule has 6 nitrogen and oxygen atoms in total. The molecule has 2 aromatic rings. The number of methoxy groups -OCH3 is 1. The first-order valence-corrected chi connectivity index (χ1v) is 6.23. The third-order valence-corrected chi connectivity index (χ3v) is 2.50. The molecular weight excluding hydrogens is 261 g/mol. The molecule has 1 aromatic heterocycles. The van der Waals surface area contributed by atoms with Crippen molar-refractivity contribution in [1.82, 2.24) is 15.2 Å². The lowest BCUT2D eigenvalue weighted by atomic mass is 10.3. The summed E-state index contributed by atoms with van der Waals surface area (Å²) in [4.78, 5) is 4.20. The minimum Gasteiger partial charge on any atom is -0.385 e. The van der Waals surface area contributed by atoms with Crippen molar-refractivity contribution in [3.63, 3.8) is 0 Å². The van der Waals surface area contributed by atoms with Crippen LogP contribution >= 0.6 is 0 Å². The van der Waals surface area contributed by atoms with Crippen LogP contribution in [0.3, 0.4) is 0 Å². The monoisotopic (exact) mass is 277 g/mol. The summed E-state index contributed by atoms with van der Waals surface area (Å²) in [5.74, 6) is 0.475. The van der Waals surface area contributed by atoms with Gasteiger partial charge in [0.15, 0.2) is 5.82 Å². The Morgan fingerprint density at radius 2 is 2.15 bits per heavy atom. The van der Waals surface area contributed by atoms with Gasteiger partial charge in [0.25, 0.3) is 0 Å². The molecule has 2 rings (SSSR count). The maximum absolute atomic E-state index is 13.5. The number of hydrogen-bond donors (Lipinski definition) is 2. The zero-order valence-corrected chi connectivity index (χ0v) is 11.1. The molecule has 7 heteroatoms. The van der Waals surface area contributed by atoms with Gasteiger partial charge in [-0.2, -0.15) is 10.1 Å². The molecule has 106 valence electrons. The van der Waals surface area contributed by atoms with Crippen LogP contribution in [0.4, 0.5) is 21.8 Å². The molecule has 0 atom stereocenters. The maximum atomic E-state index is 13.5. The first kappa shape index (κ1) is 14.1. The van der Waals surface area contributed by atoms with E-state index < -0.39 is 0 Å². The lowest BCUT2D eigenvalue weighted by Gasteiger charge is -2.08. The quantitative estimate of drug-likeness (QED) is 0.756. The number of ether oxygens (including phenoxy) is 1. The minimum absolute atomic E-state index is 0.346. The van der Waals surface area contributed by atoms with Gasteiger partial charge in [0.1, 0.15) is 5.82 Å². The van der Waals surface area contributed by atoms with E-state index in [0.29, 0.717) is 30.6 Å². The van der Waals surface area contributed by atoms with Gasteiger partial charge >= 0.3 is 0 Å². The zero-order chi connectivity index (χ0) is 14.2. The predicted molar refractivity (Wildman–Crippen MR) is 74.5 cm³/mol. The second-order valence-corrected chi connectivity index (χ2v) is 4.04. The van der Waals surface area contributed by atoms with Crippen LogP contribution in [-0.4, -0.2) is 35.4 Å². The SMILES string of the molecule is COCCCNc1nncc(Nc2ccccc2F)n1. The van der Waals surface area contributed by atoms with Crippen LogP contribution in [0.2, 0.25) is 0 Å². The molecule has 0 saturated heterocycles. The molecule has 0 saturated carbocycles. The van der Waals surface area contributed by atoms with Crippen molar-refractivity contribution in [2.45, 2.75) is 6.42 Å². The van der Waals surface area contributed by atoms with Gasteiger partial charge in [-0.3, -0.25) is 0 Å². The van der Waals surface area contributed by atoms with Crippen molar-refractivity contribution in [3.05, 3.63) is 36.3 Å². The number of rotatable bonds is 7. The average molecular weight is 277 g/mol. The normalized spacial score (nSPS) is 10.3. The lowest BCUT2D eigenvalue weighted by molar-refractivity contribution is 0.197. The van der Waals surface area contributed by atoms with Crippen molar-refractivity contribution in [2.75, 3.05) is 30.9 Å². The number of anilines is 3. The molecule has 0 aliphatic rings. The Hall–Kier alpha value is -2.28. The van der Waals surface area contributed by atoms with Crippen molar-refractivity contribution in [2.24, 2.45) is 0 Å². The molecule has 0 unspecified atom stereocenters. The van der Waals surface area contributed by atoms with E-state index in [-0.39, 0.29) is 5.82 Å². The summed E-state index contributed by atoms with van der Waals surface area (Å²) >= 11 is 0. The number of nitrogens with one attached hydrogen (secondary N) is 2. The molecule has 0 bridgehead atoms. The molecule has 0 aliphatic carbocycles. The maximum Gasteiger partial charge on any atom is 0.244 e. The zero-order valence-electron chi connectivity index (χ0n) is 11.1. The summed E-state index contributed by atoms with van der Waals surface area (Å²) in [6.07, 6.45) is 2.28. The second-order valence-electron chi connectivity index (χ2n) is 4.04. The molecule has 0 fully saturated rings. The van der Waals surface area contributed by atoms with E-state index in [1.807, 2.05) is 0 Å². The molecule has 1 heterocycles. The van der Waals surface area contributed by atoms with Crippen LogP contribution in [0.15, 0.2) is 30.5 Å². The molecule has 0 aliphatic heterocycles. The average Bonchev–Trinajstić information content (AvgIpc) is 2.47. The Bertz CT molecular complexity index is 552. The van der Waals surface area contributed by atoms with E-state index in [9.17, 15) is 4.39 Å². The topological polar surface area (TPSA) is 72.0 Å². The third-order valence-electron chi connectivity index (χ3n) is 2.50. The number of aromatic nitrogens is 3. The highest BCUT2D eigenvalue weighted by molar-refractivity contribution is 5.56. The Kier molecular flexibility index (Phi) is 5.19. The largest absolute Gasteiger partial charge is 0.385 e. The van der Waals surface area contributed by atoms with Crippen molar-refractivity contribution in [1.29, 1.82) is 0 Å². The van der Waals surface area contributed by atoms with Crippen LogP contribution in [0.25, 0.3) is 0 Å². The van der Waals surface area contributed by atoms with Gasteiger partial charge in [0.05, 0.1) is 11.9 Å². The summed E-state index contributed by atoms with van der Waals surface area (Å²) < 4.78 is 18.5. The second kappa shape index (κ2) is 7.34. The standard InChI is InChI=1S/C13H16FN5O/c1-20-8-4-7-15-13-18-12(9-16-19-13)17-11-6-3-2-5-10(11)14/h2-3,5-6,9H,4,7-8H2,1H3,(H2,15,17,18,19). The van der Waals surface area contributed by atoms with Gasteiger partial charge in [-0.05, 0) is 18.6 Å². The van der Waals surface area contributed by atoms with Crippen molar-refractivity contribution < 1.29 is 9.13 Å². The first-order valence-electron chi connectivity index (χ1n) is 6.23. The third kappa shape index (κ3) is 4.13. The van der Waals surface area contributed by atoms with Crippen LogP contribution in [0, 0.1) is 5.82 Å². The highest BCUT2D eigenvalue weighted by Crippen LogP contribution is 2.17. The van der Waals surface area contributed by atoms with Gasteiger partial charge in [-0.25, -0.2) is 4.39 Å². The van der Waals surface area contributed by atoms with Gasteiger partial charge in [-0.15, -0.1) is 5.10 Å². The van der Waals surface area contributed by atoms with Gasteiger partial charge in [0, 0.05) is 20.3 Å². The smallest absolute Gasteiger partial charge is 0.244 e. The van der Waals surface area contributed by atoms with Crippen LogP contribution < -0.4 is 10.6 Å². The first-order chi connectivity index (χ1) is 9.79. The number of nitrogens with zero attached hydrogens (tertiary/aromatic N) is 3. The summed E-state index contributed by atoms with van der Waals surface area (Å²) in [6, 6.07) is 6.37. The van der Waals surface area contributed by atoms with E-state index >= 15 is 0 Å². The van der Waals surface area contributed by atoms with Crippen LogP contribution in [0.5, 0.6) is 0 Å². The van der Waals surface area contributed by atoms with Crippen molar-refractivity contribution >= 4 is 17.5 Å². The Balaban J connectivity index is 1.97. The Morgan fingerprint density at radius 1 is 1.30 bits per heavy atom. The van der Waals surface area contributed by atoms with Crippen molar-refractivity contribution in [3.8, 4) is 0 Å². The number of benzene rings is 1. The highest BCUT2D eigenvalue weighted by atomic mass is 19.1. The lowest BCUT2D eigenvalue weighted by Crippen LogP contribution is -2.09. The van der Waals surface area contributed by atoms with E-state index in [1.165, 1.54) is 12.3 Å². The summed E-state index contributed by atoms with van der Waals surface area (Å²) in [5, 5.41) is 13.6. The fourth-order valence-electron chi connectivity index (χ4n) is 1.56. The number of hydrogen-bond acceptors (Lipinski definition) is 6. The molecule has 1 aromatic carbocycles. The molecule has 2 N–H and O–H groups in total. The highest BCUT2D eigenvalue weighted by Gasteiger charge is 2.04. The van der Waals surface area contributed by atoms with Crippen LogP contribution in [-0.2, 0) is 4.74 Å².